The molecule has 1 aliphatic heterocycles. The third-order valence-electron chi connectivity index (χ3n) is 4.27. The lowest BCUT2D eigenvalue weighted by Crippen LogP contribution is -2.29. The molecule has 0 fully saturated rings. The molecule has 0 saturated carbocycles. The van der Waals surface area contributed by atoms with Crippen molar-refractivity contribution in [3.8, 4) is 11.5 Å². The Labute approximate surface area is 158 Å². The molecule has 0 radical (unpaired) electrons. The van der Waals surface area contributed by atoms with Gasteiger partial charge in [-0.2, -0.15) is 0 Å². The number of ether oxygens (including phenoxy) is 2. The van der Waals surface area contributed by atoms with E-state index in [1.807, 2.05) is 13.8 Å². The molecule has 0 spiro atoms. The minimum absolute atomic E-state index is 0.0351. The summed E-state index contributed by atoms with van der Waals surface area (Å²) in [5, 5.41) is 3.57. The fourth-order valence-electron chi connectivity index (χ4n) is 2.90. The number of methoxy groups -OCH3 is 1. The number of rotatable bonds is 6. The molecule has 0 aliphatic carbocycles. The zero-order valence-corrected chi connectivity index (χ0v) is 16.5. The van der Waals surface area contributed by atoms with E-state index >= 15 is 0 Å². The molecule has 0 unspecified atom stereocenters. The van der Waals surface area contributed by atoms with Gasteiger partial charge < -0.3 is 9.47 Å². The van der Waals surface area contributed by atoms with Crippen LogP contribution in [0, 0.1) is 0 Å². The average molecular weight is 375 g/mol. The quantitative estimate of drug-likeness (QED) is 0.836. The molecule has 6 nitrogen and oxygen atoms in total. The van der Waals surface area contributed by atoms with Crippen LogP contribution in [0.4, 0.5) is 5.13 Å². The number of nitrogens with one attached hydrogen (secondary N) is 1. The van der Waals surface area contributed by atoms with Gasteiger partial charge in [0.15, 0.2) is 16.6 Å². The molecule has 1 aromatic carbocycles. The fraction of sp³-hybridized carbons (Fsp3) is 0.474. The molecule has 0 atom stereocenters. The smallest absolute Gasteiger partial charge is 0.257 e. The van der Waals surface area contributed by atoms with E-state index in [0.717, 1.165) is 31.7 Å². The van der Waals surface area contributed by atoms with Gasteiger partial charge in [0.25, 0.3) is 5.91 Å². The molecule has 1 N–H and O–H groups in total. The van der Waals surface area contributed by atoms with E-state index < -0.39 is 0 Å². The number of anilines is 1. The van der Waals surface area contributed by atoms with Crippen molar-refractivity contribution in [1.29, 1.82) is 0 Å². The van der Waals surface area contributed by atoms with Gasteiger partial charge in [-0.25, -0.2) is 4.98 Å². The predicted octanol–water partition coefficient (Wildman–Crippen LogP) is 3.57. The summed E-state index contributed by atoms with van der Waals surface area (Å²) in [4.78, 5) is 20.8. The summed E-state index contributed by atoms with van der Waals surface area (Å²) < 4.78 is 11.0. The average Bonchev–Trinajstić information content (AvgIpc) is 3.02. The number of amides is 1. The van der Waals surface area contributed by atoms with E-state index in [-0.39, 0.29) is 12.0 Å². The highest BCUT2D eigenvalue weighted by molar-refractivity contribution is 7.15. The van der Waals surface area contributed by atoms with Crippen LogP contribution in [0.3, 0.4) is 0 Å². The van der Waals surface area contributed by atoms with Gasteiger partial charge in [0.1, 0.15) is 0 Å². The number of carbonyl (C=O) groups is 1. The van der Waals surface area contributed by atoms with Gasteiger partial charge in [-0.05, 0) is 38.6 Å². The van der Waals surface area contributed by atoms with Crippen molar-refractivity contribution in [2.45, 2.75) is 39.8 Å². The van der Waals surface area contributed by atoms with Crippen molar-refractivity contribution < 1.29 is 14.3 Å². The number of hydrogen-bond acceptors (Lipinski definition) is 6. The van der Waals surface area contributed by atoms with Gasteiger partial charge in [-0.3, -0.25) is 15.0 Å². The van der Waals surface area contributed by atoms with Crippen molar-refractivity contribution in [2.24, 2.45) is 0 Å². The highest BCUT2D eigenvalue weighted by Crippen LogP contribution is 2.31. The second kappa shape index (κ2) is 8.05. The first kappa shape index (κ1) is 18.7. The first-order valence-corrected chi connectivity index (χ1v) is 9.68. The largest absolute Gasteiger partial charge is 0.493 e. The maximum atomic E-state index is 12.6. The maximum Gasteiger partial charge on any atom is 0.257 e. The van der Waals surface area contributed by atoms with Gasteiger partial charge in [-0.15, -0.1) is 11.3 Å². The second-order valence-corrected chi connectivity index (χ2v) is 7.58. The molecule has 140 valence electrons. The van der Waals surface area contributed by atoms with Crippen LogP contribution >= 0.6 is 11.3 Å². The molecule has 3 rings (SSSR count). The standard InChI is InChI=1S/C19H25N3O3S/c1-5-22-9-8-14-17(11-22)26-19(20-14)21-18(23)13-6-7-15(25-12(2)3)16(10-13)24-4/h6-7,10,12H,5,8-9,11H2,1-4H3,(H,20,21,23). The summed E-state index contributed by atoms with van der Waals surface area (Å²) in [5.41, 5.74) is 1.62. The Kier molecular flexibility index (Phi) is 5.78. The van der Waals surface area contributed by atoms with Gasteiger partial charge in [-0.1, -0.05) is 6.92 Å². The highest BCUT2D eigenvalue weighted by Gasteiger charge is 2.21. The van der Waals surface area contributed by atoms with Crippen LogP contribution in [0.25, 0.3) is 0 Å². The van der Waals surface area contributed by atoms with Crippen molar-refractivity contribution in [3.05, 3.63) is 34.3 Å². The number of nitrogens with zero attached hydrogens (tertiary/aromatic N) is 2. The summed E-state index contributed by atoms with van der Waals surface area (Å²) in [5.74, 6) is 0.977. The first-order valence-electron chi connectivity index (χ1n) is 8.87. The molecule has 1 amide bonds. The third kappa shape index (κ3) is 4.16. The lowest BCUT2D eigenvalue weighted by molar-refractivity contribution is 0.102. The summed E-state index contributed by atoms with van der Waals surface area (Å²) in [7, 11) is 1.57. The number of hydrogen-bond donors (Lipinski definition) is 1. The molecule has 26 heavy (non-hydrogen) atoms. The molecular formula is C19H25N3O3S. The van der Waals surface area contributed by atoms with Crippen LogP contribution < -0.4 is 14.8 Å². The van der Waals surface area contributed by atoms with E-state index in [0.29, 0.717) is 22.2 Å². The minimum atomic E-state index is -0.196. The SMILES string of the molecule is CCN1CCc2nc(NC(=O)c3ccc(OC(C)C)c(OC)c3)sc2C1. The summed E-state index contributed by atoms with van der Waals surface area (Å²) in [6.07, 6.45) is 0.970. The lowest BCUT2D eigenvalue weighted by atomic mass is 10.2. The van der Waals surface area contributed by atoms with E-state index in [1.165, 1.54) is 4.88 Å². The molecule has 0 bridgehead atoms. The van der Waals surface area contributed by atoms with Crippen LogP contribution in [0.15, 0.2) is 18.2 Å². The number of fused-ring (bicyclic) bond motifs is 1. The summed E-state index contributed by atoms with van der Waals surface area (Å²) in [6, 6.07) is 5.20. The molecule has 7 heteroatoms. The number of benzene rings is 1. The Morgan fingerprint density at radius 2 is 2.19 bits per heavy atom. The Morgan fingerprint density at radius 1 is 1.38 bits per heavy atom. The van der Waals surface area contributed by atoms with Gasteiger partial charge in [0, 0.05) is 30.0 Å². The lowest BCUT2D eigenvalue weighted by Gasteiger charge is -2.23. The predicted molar refractivity (Wildman–Crippen MR) is 103 cm³/mol. The van der Waals surface area contributed by atoms with E-state index in [9.17, 15) is 4.79 Å². The highest BCUT2D eigenvalue weighted by atomic mass is 32.1. The molecule has 1 aliphatic rings. The van der Waals surface area contributed by atoms with Crippen molar-refractivity contribution in [3.63, 3.8) is 0 Å². The number of thiazole rings is 1. The number of aromatic nitrogens is 1. The molecule has 2 aromatic rings. The zero-order chi connectivity index (χ0) is 18.7. The Hall–Kier alpha value is -2.12. The first-order chi connectivity index (χ1) is 12.5. The zero-order valence-electron chi connectivity index (χ0n) is 15.7. The maximum absolute atomic E-state index is 12.6. The van der Waals surface area contributed by atoms with Gasteiger partial charge in [0.2, 0.25) is 0 Å². The Balaban J connectivity index is 1.73. The van der Waals surface area contributed by atoms with E-state index in [4.69, 9.17) is 9.47 Å². The van der Waals surface area contributed by atoms with Crippen molar-refractivity contribution in [1.82, 2.24) is 9.88 Å². The Bertz CT molecular complexity index is 788. The molecule has 2 heterocycles. The summed E-state index contributed by atoms with van der Waals surface area (Å²) in [6.45, 7) is 9.02. The normalized spacial score (nSPS) is 14.2. The third-order valence-corrected chi connectivity index (χ3v) is 5.26. The van der Waals surface area contributed by atoms with Crippen LogP contribution in [-0.2, 0) is 13.0 Å². The summed E-state index contributed by atoms with van der Waals surface area (Å²) >= 11 is 1.56. The van der Waals surface area contributed by atoms with Gasteiger partial charge >= 0.3 is 0 Å². The number of likely N-dealkylation sites (N-methyl/N-ethyl adjacent to an activating group) is 1. The molecule has 1 aromatic heterocycles. The fourth-order valence-corrected chi connectivity index (χ4v) is 3.95. The molecule has 0 saturated heterocycles. The second-order valence-electron chi connectivity index (χ2n) is 6.49. The monoisotopic (exact) mass is 375 g/mol. The minimum Gasteiger partial charge on any atom is -0.493 e. The molecular weight excluding hydrogens is 350 g/mol. The topological polar surface area (TPSA) is 63.7 Å². The van der Waals surface area contributed by atoms with Crippen LogP contribution in [0.1, 0.15) is 41.7 Å². The van der Waals surface area contributed by atoms with Crippen LogP contribution in [0.2, 0.25) is 0 Å². The van der Waals surface area contributed by atoms with Crippen LogP contribution in [-0.4, -0.2) is 42.1 Å². The van der Waals surface area contributed by atoms with E-state index in [1.54, 1.807) is 36.6 Å². The van der Waals surface area contributed by atoms with Crippen molar-refractivity contribution in [2.75, 3.05) is 25.5 Å². The van der Waals surface area contributed by atoms with Gasteiger partial charge in [0.05, 0.1) is 18.9 Å². The van der Waals surface area contributed by atoms with Crippen molar-refractivity contribution >= 4 is 22.4 Å². The Morgan fingerprint density at radius 3 is 2.88 bits per heavy atom. The van der Waals surface area contributed by atoms with Crippen LogP contribution in [0.5, 0.6) is 11.5 Å². The van der Waals surface area contributed by atoms with E-state index in [2.05, 4.69) is 22.1 Å². The number of carbonyl (C=O) groups excluding carboxylic acids is 1.